The molecule has 0 aliphatic carbocycles. The van der Waals surface area contributed by atoms with E-state index in [1.54, 1.807) is 40.7 Å². The average molecular weight is 286 g/mol. The van der Waals surface area contributed by atoms with Crippen LogP contribution in [0.2, 0.25) is 5.02 Å². The van der Waals surface area contributed by atoms with Gasteiger partial charge in [0.15, 0.2) is 0 Å². The third-order valence-electron chi connectivity index (χ3n) is 2.03. The predicted octanol–water partition coefficient (Wildman–Crippen LogP) is 3.79. The van der Waals surface area contributed by atoms with E-state index in [1.807, 2.05) is 12.3 Å². The SMILES string of the molecule is O=C(O)c1cc(SCc2cncs2)ccc1Cl. The maximum Gasteiger partial charge on any atom is 0.337 e. The van der Waals surface area contributed by atoms with Crippen LogP contribution in [-0.4, -0.2) is 16.1 Å². The zero-order valence-electron chi connectivity index (χ0n) is 8.59. The molecule has 0 fully saturated rings. The molecular formula is C11H8ClNO2S2. The second-order valence-electron chi connectivity index (χ2n) is 3.20. The summed E-state index contributed by atoms with van der Waals surface area (Å²) in [5, 5.41) is 9.20. The highest BCUT2D eigenvalue weighted by Crippen LogP contribution is 2.28. The minimum Gasteiger partial charge on any atom is -0.478 e. The number of aromatic nitrogens is 1. The van der Waals surface area contributed by atoms with Crippen molar-refractivity contribution in [2.75, 3.05) is 0 Å². The topological polar surface area (TPSA) is 50.2 Å². The van der Waals surface area contributed by atoms with Gasteiger partial charge in [0.1, 0.15) is 0 Å². The molecule has 0 aliphatic rings. The molecule has 17 heavy (non-hydrogen) atoms. The number of halogens is 1. The smallest absolute Gasteiger partial charge is 0.337 e. The van der Waals surface area contributed by atoms with Crippen molar-refractivity contribution in [1.29, 1.82) is 0 Å². The minimum absolute atomic E-state index is 0.140. The third kappa shape index (κ3) is 3.21. The zero-order chi connectivity index (χ0) is 12.3. The van der Waals surface area contributed by atoms with Gasteiger partial charge in [-0.25, -0.2) is 4.79 Å². The molecule has 0 amide bonds. The normalized spacial score (nSPS) is 10.4. The molecule has 0 unspecified atom stereocenters. The molecule has 0 aliphatic heterocycles. The monoisotopic (exact) mass is 285 g/mol. The molecule has 3 nitrogen and oxygen atoms in total. The van der Waals surface area contributed by atoms with Crippen molar-refractivity contribution in [3.63, 3.8) is 0 Å². The van der Waals surface area contributed by atoms with Crippen LogP contribution < -0.4 is 0 Å². The van der Waals surface area contributed by atoms with Gasteiger partial charge in [-0.05, 0) is 18.2 Å². The molecule has 0 radical (unpaired) electrons. The molecule has 1 aromatic carbocycles. The van der Waals surface area contributed by atoms with Crippen LogP contribution in [0.15, 0.2) is 34.8 Å². The second-order valence-corrected chi connectivity index (χ2v) is 5.63. The standard InChI is InChI=1S/C11H8ClNO2S2/c12-10-2-1-7(3-9(10)11(14)15)16-5-8-4-13-6-17-8/h1-4,6H,5H2,(H,14,15). The molecule has 0 atom stereocenters. The highest BCUT2D eigenvalue weighted by atomic mass is 35.5. The molecule has 6 heteroatoms. The molecule has 0 saturated heterocycles. The fourth-order valence-electron chi connectivity index (χ4n) is 1.23. The summed E-state index contributed by atoms with van der Waals surface area (Å²) in [6.45, 7) is 0. The summed E-state index contributed by atoms with van der Waals surface area (Å²) >= 11 is 8.94. The van der Waals surface area contributed by atoms with Gasteiger partial charge in [-0.1, -0.05) is 11.6 Å². The number of nitrogens with zero attached hydrogens (tertiary/aromatic N) is 1. The van der Waals surface area contributed by atoms with E-state index in [2.05, 4.69) is 4.98 Å². The third-order valence-corrected chi connectivity index (χ3v) is 4.37. The average Bonchev–Trinajstić information content (AvgIpc) is 2.80. The molecule has 1 N–H and O–H groups in total. The molecule has 88 valence electrons. The highest BCUT2D eigenvalue weighted by molar-refractivity contribution is 7.98. The summed E-state index contributed by atoms with van der Waals surface area (Å²) in [5.41, 5.74) is 1.92. The van der Waals surface area contributed by atoms with Crippen LogP contribution in [0.25, 0.3) is 0 Å². The van der Waals surface area contributed by atoms with Crippen molar-refractivity contribution in [1.82, 2.24) is 4.98 Å². The summed E-state index contributed by atoms with van der Waals surface area (Å²) in [4.78, 5) is 16.9. The Morgan fingerprint density at radius 3 is 3.00 bits per heavy atom. The lowest BCUT2D eigenvalue weighted by atomic mass is 10.2. The lowest BCUT2D eigenvalue weighted by Crippen LogP contribution is -1.97. The van der Waals surface area contributed by atoms with Crippen molar-refractivity contribution in [3.05, 3.63) is 45.4 Å². The Balaban J connectivity index is 2.11. The van der Waals surface area contributed by atoms with E-state index in [0.29, 0.717) is 0 Å². The largest absolute Gasteiger partial charge is 0.478 e. The van der Waals surface area contributed by atoms with Gasteiger partial charge in [-0.2, -0.15) is 0 Å². The molecule has 1 heterocycles. The number of carbonyl (C=O) groups is 1. The second kappa shape index (κ2) is 5.53. The van der Waals surface area contributed by atoms with Gasteiger partial charge in [0.2, 0.25) is 0 Å². The van der Waals surface area contributed by atoms with E-state index < -0.39 is 5.97 Å². The Labute approximate surface area is 111 Å². The molecule has 0 spiro atoms. The van der Waals surface area contributed by atoms with Crippen LogP contribution in [0, 0.1) is 0 Å². The van der Waals surface area contributed by atoms with Gasteiger partial charge in [-0.3, -0.25) is 4.98 Å². The minimum atomic E-state index is -1.00. The van der Waals surface area contributed by atoms with E-state index in [4.69, 9.17) is 16.7 Å². The first-order valence-corrected chi connectivity index (χ1v) is 6.94. The summed E-state index contributed by atoms with van der Waals surface area (Å²) in [7, 11) is 0. The number of thioether (sulfide) groups is 1. The highest BCUT2D eigenvalue weighted by Gasteiger charge is 2.09. The van der Waals surface area contributed by atoms with Gasteiger partial charge >= 0.3 is 5.97 Å². The zero-order valence-corrected chi connectivity index (χ0v) is 11.0. The fourth-order valence-corrected chi connectivity index (χ4v) is 3.00. The lowest BCUT2D eigenvalue weighted by Gasteiger charge is -2.03. The van der Waals surface area contributed by atoms with E-state index in [0.717, 1.165) is 15.5 Å². The molecule has 0 saturated carbocycles. The summed E-state index contributed by atoms with van der Waals surface area (Å²) in [5.74, 6) is -0.221. The van der Waals surface area contributed by atoms with Gasteiger partial charge in [-0.15, -0.1) is 23.1 Å². The van der Waals surface area contributed by atoms with Crippen LogP contribution >= 0.6 is 34.7 Å². The van der Waals surface area contributed by atoms with E-state index in [-0.39, 0.29) is 10.6 Å². The Morgan fingerprint density at radius 2 is 2.35 bits per heavy atom. The van der Waals surface area contributed by atoms with Crippen LogP contribution in [0.4, 0.5) is 0 Å². The van der Waals surface area contributed by atoms with Crippen molar-refractivity contribution < 1.29 is 9.90 Å². The number of benzene rings is 1. The van der Waals surface area contributed by atoms with Crippen molar-refractivity contribution in [2.24, 2.45) is 0 Å². The number of rotatable bonds is 4. The number of carboxylic acids is 1. The predicted molar refractivity (Wildman–Crippen MR) is 70.1 cm³/mol. The summed E-state index contributed by atoms with van der Waals surface area (Å²) < 4.78 is 0. The van der Waals surface area contributed by atoms with Gasteiger partial charge < -0.3 is 5.11 Å². The first-order chi connectivity index (χ1) is 8.16. The first-order valence-electron chi connectivity index (χ1n) is 4.70. The Hall–Kier alpha value is -1.04. The lowest BCUT2D eigenvalue weighted by molar-refractivity contribution is 0.0697. The van der Waals surface area contributed by atoms with E-state index in [1.165, 1.54) is 0 Å². The van der Waals surface area contributed by atoms with E-state index >= 15 is 0 Å². The number of hydrogen-bond donors (Lipinski definition) is 1. The van der Waals surface area contributed by atoms with Gasteiger partial charge in [0, 0.05) is 21.7 Å². The van der Waals surface area contributed by atoms with Crippen molar-refractivity contribution in [3.8, 4) is 0 Å². The fraction of sp³-hybridized carbons (Fsp3) is 0.0909. The van der Waals surface area contributed by atoms with Crippen LogP contribution in [-0.2, 0) is 5.75 Å². The Kier molecular flexibility index (Phi) is 4.04. The first kappa shape index (κ1) is 12.4. The van der Waals surface area contributed by atoms with E-state index in [9.17, 15) is 4.79 Å². The quantitative estimate of drug-likeness (QED) is 0.869. The number of hydrogen-bond acceptors (Lipinski definition) is 4. The summed E-state index contributed by atoms with van der Waals surface area (Å²) in [6, 6.07) is 5.02. The molecular weight excluding hydrogens is 278 g/mol. The van der Waals surface area contributed by atoms with Gasteiger partial charge in [0.05, 0.1) is 16.1 Å². The number of carboxylic acid groups (broad SMARTS) is 1. The molecule has 1 aromatic heterocycles. The molecule has 2 rings (SSSR count). The Bertz CT molecular complexity index is 528. The number of thiazole rings is 1. The molecule has 2 aromatic rings. The van der Waals surface area contributed by atoms with Crippen LogP contribution in [0.3, 0.4) is 0 Å². The summed E-state index contributed by atoms with van der Waals surface area (Å²) in [6.07, 6.45) is 1.81. The van der Waals surface area contributed by atoms with Crippen molar-refractivity contribution in [2.45, 2.75) is 10.6 Å². The Morgan fingerprint density at radius 1 is 1.53 bits per heavy atom. The van der Waals surface area contributed by atoms with Gasteiger partial charge in [0.25, 0.3) is 0 Å². The maximum atomic E-state index is 10.9. The molecule has 0 bridgehead atoms. The van der Waals surface area contributed by atoms with Crippen LogP contribution in [0.1, 0.15) is 15.2 Å². The maximum absolute atomic E-state index is 10.9. The number of aromatic carboxylic acids is 1. The van der Waals surface area contributed by atoms with Crippen LogP contribution in [0.5, 0.6) is 0 Å². The van der Waals surface area contributed by atoms with Crippen molar-refractivity contribution >= 4 is 40.7 Å².